The van der Waals surface area contributed by atoms with Crippen molar-refractivity contribution in [3.63, 3.8) is 0 Å². The normalized spacial score (nSPS) is 30.2. The molecule has 7 heteroatoms. The van der Waals surface area contributed by atoms with Crippen LogP contribution in [0.15, 0.2) is 18.2 Å². The first-order valence-corrected chi connectivity index (χ1v) is 9.28. The van der Waals surface area contributed by atoms with Crippen LogP contribution in [0.5, 0.6) is 0 Å². The molecule has 1 heterocycles. The lowest BCUT2D eigenvalue weighted by atomic mass is 9.99. The minimum atomic E-state index is -0.937. The van der Waals surface area contributed by atoms with Crippen LogP contribution < -0.4 is 5.32 Å². The van der Waals surface area contributed by atoms with E-state index in [1.54, 1.807) is 19.9 Å². The van der Waals surface area contributed by atoms with Crippen molar-refractivity contribution >= 4 is 23.5 Å². The lowest BCUT2D eigenvalue weighted by molar-refractivity contribution is -0.140. The van der Waals surface area contributed by atoms with Crippen molar-refractivity contribution in [3.8, 4) is 0 Å². The topological polar surface area (TPSA) is 69.6 Å². The van der Waals surface area contributed by atoms with Crippen LogP contribution in [0.1, 0.15) is 38.8 Å². The van der Waals surface area contributed by atoms with Gasteiger partial charge in [0.05, 0.1) is 22.9 Å². The largest absolute Gasteiger partial charge is 0.481 e. The number of benzene rings is 1. The Morgan fingerprint density at radius 3 is 2.62 bits per heavy atom. The number of hydrogen-bond acceptors (Lipinski definition) is 3. The predicted octanol–water partition coefficient (Wildman–Crippen LogP) is 3.09. The first-order chi connectivity index (χ1) is 12.2. The number of carboxylic acids is 1. The number of hydrogen-bond donors (Lipinski definition) is 2. The molecule has 0 aromatic heterocycles. The SMILES string of the molecule is CCN1CCC(NC(=O)[C@@H]2[C@H](C(=O)O)C2(C)C)C1c1ccc(Cl)c(F)c1. The average Bonchev–Trinajstić information content (AvgIpc) is 2.95. The second kappa shape index (κ2) is 6.82. The smallest absolute Gasteiger partial charge is 0.307 e. The Kier molecular flexibility index (Phi) is 5.01. The Morgan fingerprint density at radius 2 is 2.08 bits per heavy atom. The van der Waals surface area contributed by atoms with Crippen molar-refractivity contribution in [2.75, 3.05) is 13.1 Å². The van der Waals surface area contributed by atoms with Gasteiger partial charge in [0.2, 0.25) is 5.91 Å². The summed E-state index contributed by atoms with van der Waals surface area (Å²) in [6, 6.07) is 4.39. The molecule has 4 atom stereocenters. The summed E-state index contributed by atoms with van der Waals surface area (Å²) in [5, 5.41) is 12.4. The van der Waals surface area contributed by atoms with Gasteiger partial charge in [-0.3, -0.25) is 14.5 Å². The number of carbonyl (C=O) groups is 2. The molecule has 1 aromatic rings. The summed E-state index contributed by atoms with van der Waals surface area (Å²) >= 11 is 5.79. The fraction of sp³-hybridized carbons (Fsp3) is 0.579. The minimum absolute atomic E-state index is 0.0689. The standard InChI is InChI=1S/C19H24ClFN2O3/c1-4-23-8-7-13(16(23)10-5-6-11(20)12(21)9-10)22-17(24)14-15(18(25)26)19(14,2)3/h5-6,9,13-16H,4,7-8H2,1-3H3,(H,22,24)(H,25,26)/t13?,14-,15+,16?/m0/s1. The molecule has 1 aromatic carbocycles. The lowest BCUT2D eigenvalue weighted by Crippen LogP contribution is -2.41. The fourth-order valence-electron chi connectivity index (χ4n) is 4.36. The van der Waals surface area contributed by atoms with Gasteiger partial charge in [-0.05, 0) is 36.1 Å². The molecule has 2 unspecified atom stereocenters. The van der Waals surface area contributed by atoms with E-state index >= 15 is 0 Å². The summed E-state index contributed by atoms with van der Waals surface area (Å²) in [6.45, 7) is 7.18. The average molecular weight is 383 g/mol. The summed E-state index contributed by atoms with van der Waals surface area (Å²) in [7, 11) is 0. The Hall–Kier alpha value is -1.66. The van der Waals surface area contributed by atoms with E-state index < -0.39 is 29.0 Å². The van der Waals surface area contributed by atoms with Gasteiger partial charge in [0.15, 0.2) is 0 Å². The first kappa shape index (κ1) is 19.1. The molecule has 1 aliphatic heterocycles. The number of carboxylic acid groups (broad SMARTS) is 1. The van der Waals surface area contributed by atoms with E-state index in [-0.39, 0.29) is 23.0 Å². The molecule has 1 saturated heterocycles. The number of amides is 1. The highest BCUT2D eigenvalue weighted by atomic mass is 35.5. The van der Waals surface area contributed by atoms with Gasteiger partial charge < -0.3 is 10.4 Å². The number of aliphatic carboxylic acids is 1. The number of likely N-dealkylation sites (N-methyl/N-ethyl adjacent to an activating group) is 1. The third-order valence-electron chi connectivity index (χ3n) is 5.90. The molecule has 2 aliphatic rings. The highest BCUT2D eigenvalue weighted by molar-refractivity contribution is 6.30. The Morgan fingerprint density at radius 1 is 1.38 bits per heavy atom. The molecule has 26 heavy (non-hydrogen) atoms. The number of rotatable bonds is 5. The summed E-state index contributed by atoms with van der Waals surface area (Å²) in [4.78, 5) is 26.2. The van der Waals surface area contributed by atoms with E-state index in [4.69, 9.17) is 11.6 Å². The highest BCUT2D eigenvalue weighted by Crippen LogP contribution is 2.58. The van der Waals surface area contributed by atoms with Gasteiger partial charge in [-0.25, -0.2) is 4.39 Å². The Balaban J connectivity index is 1.79. The number of carbonyl (C=O) groups excluding carboxylic acids is 1. The molecule has 2 N–H and O–H groups in total. The predicted molar refractivity (Wildman–Crippen MR) is 96.3 cm³/mol. The van der Waals surface area contributed by atoms with E-state index in [1.807, 2.05) is 6.92 Å². The number of likely N-dealkylation sites (tertiary alicyclic amines) is 1. The molecule has 1 amide bonds. The molecule has 0 spiro atoms. The van der Waals surface area contributed by atoms with Crippen LogP contribution in [-0.4, -0.2) is 41.0 Å². The second-order valence-corrected chi connectivity index (χ2v) is 8.17. The fourth-order valence-corrected chi connectivity index (χ4v) is 4.48. The second-order valence-electron chi connectivity index (χ2n) is 7.77. The van der Waals surface area contributed by atoms with Crippen LogP contribution in [-0.2, 0) is 9.59 Å². The molecular weight excluding hydrogens is 359 g/mol. The molecule has 0 bridgehead atoms. The van der Waals surface area contributed by atoms with E-state index in [0.717, 1.165) is 25.1 Å². The quantitative estimate of drug-likeness (QED) is 0.821. The van der Waals surface area contributed by atoms with Gasteiger partial charge in [0.1, 0.15) is 5.82 Å². The summed E-state index contributed by atoms with van der Waals surface area (Å²) in [5.74, 6) is -2.83. The van der Waals surface area contributed by atoms with E-state index in [2.05, 4.69) is 10.2 Å². The zero-order valence-electron chi connectivity index (χ0n) is 15.1. The van der Waals surface area contributed by atoms with Gasteiger partial charge in [0, 0.05) is 12.6 Å². The van der Waals surface area contributed by atoms with Gasteiger partial charge in [-0.1, -0.05) is 38.4 Å². The van der Waals surface area contributed by atoms with Crippen LogP contribution >= 0.6 is 11.6 Å². The van der Waals surface area contributed by atoms with Crippen LogP contribution in [0.2, 0.25) is 5.02 Å². The Bertz CT molecular complexity index is 739. The highest BCUT2D eigenvalue weighted by Gasteiger charge is 2.66. The summed E-state index contributed by atoms with van der Waals surface area (Å²) in [5.41, 5.74) is 0.224. The van der Waals surface area contributed by atoms with Crippen molar-refractivity contribution in [2.45, 2.75) is 39.3 Å². The Labute approximate surface area is 157 Å². The van der Waals surface area contributed by atoms with Gasteiger partial charge in [-0.2, -0.15) is 0 Å². The molecule has 3 rings (SSSR count). The first-order valence-electron chi connectivity index (χ1n) is 8.90. The third-order valence-corrected chi connectivity index (χ3v) is 6.20. The van der Waals surface area contributed by atoms with Crippen molar-refractivity contribution < 1.29 is 19.1 Å². The molecule has 2 fully saturated rings. The van der Waals surface area contributed by atoms with Gasteiger partial charge in [-0.15, -0.1) is 0 Å². The molecule has 1 saturated carbocycles. The maximum absolute atomic E-state index is 13.9. The summed E-state index contributed by atoms with van der Waals surface area (Å²) in [6.07, 6.45) is 0.735. The molecule has 142 valence electrons. The van der Waals surface area contributed by atoms with Crippen LogP contribution in [0.4, 0.5) is 4.39 Å². The third kappa shape index (κ3) is 3.21. The number of nitrogens with one attached hydrogen (secondary N) is 1. The summed E-state index contributed by atoms with van der Waals surface area (Å²) < 4.78 is 13.9. The van der Waals surface area contributed by atoms with Crippen LogP contribution in [0, 0.1) is 23.1 Å². The molecule has 5 nitrogen and oxygen atoms in total. The lowest BCUT2D eigenvalue weighted by Gasteiger charge is -2.28. The monoisotopic (exact) mass is 382 g/mol. The zero-order valence-corrected chi connectivity index (χ0v) is 15.9. The van der Waals surface area contributed by atoms with Crippen molar-refractivity contribution in [1.82, 2.24) is 10.2 Å². The van der Waals surface area contributed by atoms with E-state index in [0.29, 0.717) is 0 Å². The number of nitrogens with zero attached hydrogens (tertiary/aromatic N) is 1. The van der Waals surface area contributed by atoms with Crippen LogP contribution in [0.3, 0.4) is 0 Å². The van der Waals surface area contributed by atoms with Crippen molar-refractivity contribution in [2.24, 2.45) is 17.3 Å². The van der Waals surface area contributed by atoms with Crippen molar-refractivity contribution in [1.29, 1.82) is 0 Å². The maximum Gasteiger partial charge on any atom is 0.307 e. The van der Waals surface area contributed by atoms with E-state index in [9.17, 15) is 19.1 Å². The zero-order chi connectivity index (χ0) is 19.2. The maximum atomic E-state index is 13.9. The number of halogens is 2. The van der Waals surface area contributed by atoms with Crippen molar-refractivity contribution in [3.05, 3.63) is 34.6 Å². The van der Waals surface area contributed by atoms with Gasteiger partial charge >= 0.3 is 5.97 Å². The molecular formula is C19H24ClFN2O3. The van der Waals surface area contributed by atoms with Crippen LogP contribution in [0.25, 0.3) is 0 Å². The van der Waals surface area contributed by atoms with Gasteiger partial charge in [0.25, 0.3) is 0 Å². The molecule has 0 radical (unpaired) electrons. The molecule has 1 aliphatic carbocycles. The van der Waals surface area contributed by atoms with E-state index in [1.165, 1.54) is 12.1 Å². The minimum Gasteiger partial charge on any atom is -0.481 e.